The predicted octanol–water partition coefficient (Wildman–Crippen LogP) is 3.66. The predicted molar refractivity (Wildman–Crippen MR) is 116 cm³/mol. The minimum atomic E-state index is 0.265. The normalized spacial score (nSPS) is 18.0. The number of nitrogens with one attached hydrogen (secondary N) is 2. The van der Waals surface area contributed by atoms with E-state index in [1.54, 1.807) is 7.11 Å². The van der Waals surface area contributed by atoms with E-state index in [1.807, 2.05) is 30.9 Å². The van der Waals surface area contributed by atoms with Gasteiger partial charge in [0.1, 0.15) is 5.75 Å². The van der Waals surface area contributed by atoms with Gasteiger partial charge in [0.25, 0.3) is 0 Å². The van der Waals surface area contributed by atoms with Crippen LogP contribution in [0, 0.1) is 0 Å². The maximum absolute atomic E-state index is 5.56. The summed E-state index contributed by atoms with van der Waals surface area (Å²) in [5, 5.41) is 7.00. The molecule has 1 aliphatic heterocycles. The maximum Gasteiger partial charge on any atom is 0.191 e. The number of thioether (sulfide) groups is 1. The van der Waals surface area contributed by atoms with Gasteiger partial charge in [-0.1, -0.05) is 26.0 Å². The first kappa shape index (κ1) is 21.9. The average Bonchev–Trinajstić information content (AvgIpc) is 2.71. The molecular formula is C21H35N3O2S. The smallest absolute Gasteiger partial charge is 0.191 e. The van der Waals surface area contributed by atoms with Crippen LogP contribution in [0.15, 0.2) is 29.3 Å². The van der Waals surface area contributed by atoms with Crippen molar-refractivity contribution >= 4 is 17.7 Å². The monoisotopic (exact) mass is 393 g/mol. The molecule has 5 nitrogen and oxygen atoms in total. The molecule has 1 aromatic rings. The molecule has 1 heterocycles. The van der Waals surface area contributed by atoms with E-state index in [1.165, 1.54) is 5.56 Å². The van der Waals surface area contributed by atoms with E-state index < -0.39 is 0 Å². The Bertz CT molecular complexity index is 566. The number of nitrogens with zero attached hydrogens (tertiary/aromatic N) is 1. The van der Waals surface area contributed by atoms with Crippen molar-refractivity contribution in [1.29, 1.82) is 0 Å². The number of ether oxygens (including phenoxy) is 2. The van der Waals surface area contributed by atoms with Gasteiger partial charge >= 0.3 is 0 Å². The van der Waals surface area contributed by atoms with Crippen molar-refractivity contribution in [2.45, 2.75) is 43.8 Å². The zero-order chi connectivity index (χ0) is 19.5. The maximum atomic E-state index is 5.56. The highest BCUT2D eigenvalue weighted by Crippen LogP contribution is 2.34. The largest absolute Gasteiger partial charge is 0.497 e. The van der Waals surface area contributed by atoms with Gasteiger partial charge in [-0.2, -0.15) is 11.8 Å². The van der Waals surface area contributed by atoms with Gasteiger partial charge in [0, 0.05) is 38.1 Å². The number of benzene rings is 1. The molecule has 0 aliphatic carbocycles. The van der Waals surface area contributed by atoms with Crippen molar-refractivity contribution in [3.63, 3.8) is 0 Å². The minimum Gasteiger partial charge on any atom is -0.497 e. The van der Waals surface area contributed by atoms with Crippen LogP contribution in [-0.4, -0.2) is 56.9 Å². The molecular weight excluding hydrogens is 358 g/mol. The van der Waals surface area contributed by atoms with Crippen LogP contribution in [0.1, 0.15) is 44.6 Å². The Labute approximate surface area is 168 Å². The van der Waals surface area contributed by atoms with Crippen LogP contribution in [0.4, 0.5) is 0 Å². The Morgan fingerprint density at radius 1 is 1.26 bits per heavy atom. The van der Waals surface area contributed by atoms with Gasteiger partial charge in [0.15, 0.2) is 5.96 Å². The summed E-state index contributed by atoms with van der Waals surface area (Å²) in [6.45, 7) is 8.04. The molecule has 0 amide bonds. The third kappa shape index (κ3) is 6.92. The topological polar surface area (TPSA) is 54.9 Å². The van der Waals surface area contributed by atoms with Crippen LogP contribution in [0.3, 0.4) is 0 Å². The lowest BCUT2D eigenvalue weighted by Gasteiger charge is -2.37. The fourth-order valence-corrected chi connectivity index (χ4v) is 4.64. The van der Waals surface area contributed by atoms with Gasteiger partial charge in [-0.05, 0) is 48.6 Å². The summed E-state index contributed by atoms with van der Waals surface area (Å²) in [5.41, 5.74) is 1.33. The Morgan fingerprint density at radius 2 is 1.96 bits per heavy atom. The van der Waals surface area contributed by atoms with Crippen LogP contribution < -0.4 is 15.4 Å². The quantitative estimate of drug-likeness (QED) is 0.495. The molecule has 1 atom stereocenters. The summed E-state index contributed by atoms with van der Waals surface area (Å²) in [5.74, 6) is 3.41. The van der Waals surface area contributed by atoms with Crippen molar-refractivity contribution in [3.8, 4) is 5.75 Å². The molecule has 1 saturated heterocycles. The number of methoxy groups -OCH3 is 1. The van der Waals surface area contributed by atoms with E-state index in [0.717, 1.165) is 63.0 Å². The van der Waals surface area contributed by atoms with Crippen LogP contribution in [0.25, 0.3) is 0 Å². The summed E-state index contributed by atoms with van der Waals surface area (Å²) in [6, 6.07) is 8.35. The fraction of sp³-hybridized carbons (Fsp3) is 0.667. The Kier molecular flexibility index (Phi) is 9.28. The molecule has 1 aliphatic rings. The van der Waals surface area contributed by atoms with Gasteiger partial charge in [-0.25, -0.2) is 0 Å². The third-order valence-electron chi connectivity index (χ3n) is 5.21. The first-order valence-corrected chi connectivity index (χ1v) is 10.9. The molecule has 0 saturated carbocycles. The number of aliphatic imine (C=N–C) groups is 1. The lowest BCUT2D eigenvalue weighted by molar-refractivity contribution is 0.0782. The molecule has 0 aromatic heterocycles. The van der Waals surface area contributed by atoms with Gasteiger partial charge in [-0.15, -0.1) is 0 Å². The number of rotatable bonds is 9. The summed E-state index contributed by atoms with van der Waals surface area (Å²) in [6.07, 6.45) is 3.25. The summed E-state index contributed by atoms with van der Waals surface area (Å²) in [7, 11) is 3.54. The lowest BCUT2D eigenvalue weighted by atomic mass is 9.98. The lowest BCUT2D eigenvalue weighted by Crippen LogP contribution is -2.48. The summed E-state index contributed by atoms with van der Waals surface area (Å²) in [4.78, 5) is 4.39. The van der Waals surface area contributed by atoms with Gasteiger partial charge < -0.3 is 20.1 Å². The molecule has 1 aromatic carbocycles. The second-order valence-corrected chi connectivity index (χ2v) is 8.78. The van der Waals surface area contributed by atoms with Crippen molar-refractivity contribution in [1.82, 2.24) is 10.6 Å². The van der Waals surface area contributed by atoms with Gasteiger partial charge in [0.2, 0.25) is 0 Å². The standard InChI is InChI=1S/C21H35N3O2S/c1-5-27-21(11-14-26-15-12-21)16-24-20(22-3)23-13-10-17(2)18-6-8-19(25-4)9-7-18/h6-9,17H,5,10-16H2,1-4H3,(H2,22,23,24). The zero-order valence-electron chi connectivity index (χ0n) is 17.2. The van der Waals surface area contributed by atoms with E-state index in [9.17, 15) is 0 Å². The van der Waals surface area contributed by atoms with Gasteiger partial charge in [0.05, 0.1) is 7.11 Å². The first-order chi connectivity index (χ1) is 13.1. The number of hydrogen-bond donors (Lipinski definition) is 2. The fourth-order valence-electron chi connectivity index (χ4n) is 3.39. The highest BCUT2D eigenvalue weighted by molar-refractivity contribution is 8.00. The van der Waals surface area contributed by atoms with Crippen molar-refractivity contribution in [2.24, 2.45) is 4.99 Å². The highest BCUT2D eigenvalue weighted by atomic mass is 32.2. The second-order valence-electron chi connectivity index (χ2n) is 7.04. The Morgan fingerprint density at radius 3 is 2.56 bits per heavy atom. The Hall–Kier alpha value is -1.40. The highest BCUT2D eigenvalue weighted by Gasteiger charge is 2.32. The van der Waals surface area contributed by atoms with Gasteiger partial charge in [-0.3, -0.25) is 4.99 Å². The van der Waals surface area contributed by atoms with E-state index in [-0.39, 0.29) is 4.75 Å². The summed E-state index contributed by atoms with van der Waals surface area (Å²) >= 11 is 2.05. The summed E-state index contributed by atoms with van der Waals surface area (Å²) < 4.78 is 11.1. The third-order valence-corrected chi connectivity index (χ3v) is 6.66. The molecule has 0 bridgehead atoms. The molecule has 2 N–H and O–H groups in total. The van der Waals surface area contributed by atoms with E-state index >= 15 is 0 Å². The van der Waals surface area contributed by atoms with E-state index in [0.29, 0.717) is 5.92 Å². The molecule has 0 spiro atoms. The Balaban J connectivity index is 1.77. The van der Waals surface area contributed by atoms with Crippen molar-refractivity contribution in [2.75, 3.05) is 46.2 Å². The van der Waals surface area contributed by atoms with E-state index in [4.69, 9.17) is 9.47 Å². The SMILES string of the molecule is CCSC1(CNC(=NC)NCCC(C)c2ccc(OC)cc2)CCOCC1. The molecule has 1 fully saturated rings. The molecule has 6 heteroatoms. The first-order valence-electron chi connectivity index (χ1n) is 9.92. The molecule has 27 heavy (non-hydrogen) atoms. The molecule has 0 radical (unpaired) electrons. The molecule has 1 unspecified atom stereocenters. The second kappa shape index (κ2) is 11.4. The van der Waals surface area contributed by atoms with Crippen LogP contribution in [0.5, 0.6) is 5.75 Å². The molecule has 152 valence electrons. The van der Waals surface area contributed by atoms with E-state index in [2.05, 4.69) is 41.6 Å². The number of guanidine groups is 1. The zero-order valence-corrected chi connectivity index (χ0v) is 18.0. The van der Waals surface area contributed by atoms with Crippen LogP contribution in [-0.2, 0) is 4.74 Å². The number of hydrogen-bond acceptors (Lipinski definition) is 4. The van der Waals surface area contributed by atoms with Crippen LogP contribution >= 0.6 is 11.8 Å². The minimum absolute atomic E-state index is 0.265. The van der Waals surface area contributed by atoms with Crippen molar-refractivity contribution < 1.29 is 9.47 Å². The average molecular weight is 394 g/mol. The van der Waals surface area contributed by atoms with Crippen molar-refractivity contribution in [3.05, 3.63) is 29.8 Å². The van der Waals surface area contributed by atoms with Crippen LogP contribution in [0.2, 0.25) is 0 Å². The molecule has 2 rings (SSSR count).